The van der Waals surface area contributed by atoms with Crippen molar-refractivity contribution in [1.29, 1.82) is 0 Å². The fourth-order valence-corrected chi connectivity index (χ4v) is 1.30. The SMILES string of the molecule is CCC(C)COc1ccc(OC)cc1CO. The molecule has 0 saturated heterocycles. The molecule has 0 bridgehead atoms. The third kappa shape index (κ3) is 3.42. The molecule has 0 radical (unpaired) electrons. The Kier molecular flexibility index (Phi) is 5.12. The molecule has 0 aromatic heterocycles. The second-order valence-corrected chi connectivity index (χ2v) is 3.96. The quantitative estimate of drug-likeness (QED) is 0.807. The van der Waals surface area contributed by atoms with Crippen molar-refractivity contribution in [2.24, 2.45) is 5.92 Å². The highest BCUT2D eigenvalue weighted by atomic mass is 16.5. The highest BCUT2D eigenvalue weighted by Gasteiger charge is 2.06. The number of benzene rings is 1. The van der Waals surface area contributed by atoms with Gasteiger partial charge in [0, 0.05) is 5.56 Å². The van der Waals surface area contributed by atoms with E-state index in [1.807, 2.05) is 12.1 Å². The standard InChI is InChI=1S/C13H20O3/c1-4-10(2)9-16-13-6-5-12(15-3)7-11(13)8-14/h5-7,10,14H,4,8-9H2,1-3H3. The first-order valence-corrected chi connectivity index (χ1v) is 5.61. The fraction of sp³-hybridized carbons (Fsp3) is 0.538. The molecular formula is C13H20O3. The Morgan fingerprint density at radius 2 is 2.12 bits per heavy atom. The first kappa shape index (κ1) is 12.8. The van der Waals surface area contributed by atoms with Gasteiger partial charge in [-0.05, 0) is 24.1 Å². The normalized spacial score (nSPS) is 12.2. The predicted molar refractivity (Wildman–Crippen MR) is 63.9 cm³/mol. The largest absolute Gasteiger partial charge is 0.497 e. The predicted octanol–water partition coefficient (Wildman–Crippen LogP) is 2.61. The molecule has 1 N–H and O–H groups in total. The molecule has 1 aromatic carbocycles. The maximum Gasteiger partial charge on any atom is 0.125 e. The maximum absolute atomic E-state index is 9.23. The van der Waals surface area contributed by atoms with Crippen molar-refractivity contribution in [2.45, 2.75) is 26.9 Å². The van der Waals surface area contributed by atoms with Crippen LogP contribution in [0.4, 0.5) is 0 Å². The molecule has 90 valence electrons. The van der Waals surface area contributed by atoms with E-state index in [1.54, 1.807) is 13.2 Å². The third-order valence-electron chi connectivity index (χ3n) is 2.66. The zero-order valence-corrected chi connectivity index (χ0v) is 10.2. The summed E-state index contributed by atoms with van der Waals surface area (Å²) >= 11 is 0. The van der Waals surface area contributed by atoms with Crippen LogP contribution in [0, 0.1) is 5.92 Å². The highest BCUT2D eigenvalue weighted by Crippen LogP contribution is 2.24. The molecular weight excluding hydrogens is 204 g/mol. The Morgan fingerprint density at radius 1 is 1.38 bits per heavy atom. The zero-order valence-electron chi connectivity index (χ0n) is 10.2. The Balaban J connectivity index is 2.71. The molecule has 16 heavy (non-hydrogen) atoms. The Bertz CT molecular complexity index is 323. The molecule has 0 heterocycles. The van der Waals surface area contributed by atoms with Gasteiger partial charge in [0.05, 0.1) is 20.3 Å². The lowest BCUT2D eigenvalue weighted by atomic mass is 10.1. The van der Waals surface area contributed by atoms with E-state index in [-0.39, 0.29) is 6.61 Å². The van der Waals surface area contributed by atoms with Crippen LogP contribution in [-0.2, 0) is 6.61 Å². The van der Waals surface area contributed by atoms with Crippen LogP contribution in [0.2, 0.25) is 0 Å². The number of methoxy groups -OCH3 is 1. The number of ether oxygens (including phenoxy) is 2. The van der Waals surface area contributed by atoms with Gasteiger partial charge in [0.1, 0.15) is 11.5 Å². The molecule has 1 aromatic rings. The van der Waals surface area contributed by atoms with Crippen LogP contribution in [0.25, 0.3) is 0 Å². The monoisotopic (exact) mass is 224 g/mol. The Hall–Kier alpha value is -1.22. The van der Waals surface area contributed by atoms with Gasteiger partial charge < -0.3 is 14.6 Å². The van der Waals surface area contributed by atoms with Crippen LogP contribution in [-0.4, -0.2) is 18.8 Å². The zero-order chi connectivity index (χ0) is 12.0. The van der Waals surface area contributed by atoms with Crippen LogP contribution in [0.5, 0.6) is 11.5 Å². The second-order valence-electron chi connectivity index (χ2n) is 3.96. The number of hydrogen-bond acceptors (Lipinski definition) is 3. The van der Waals surface area contributed by atoms with E-state index in [0.717, 1.165) is 23.5 Å². The second kappa shape index (κ2) is 6.38. The minimum Gasteiger partial charge on any atom is -0.497 e. The van der Waals surface area contributed by atoms with E-state index in [4.69, 9.17) is 9.47 Å². The number of rotatable bonds is 6. The fourth-order valence-electron chi connectivity index (χ4n) is 1.30. The Morgan fingerprint density at radius 3 is 2.69 bits per heavy atom. The summed E-state index contributed by atoms with van der Waals surface area (Å²) in [5, 5.41) is 9.23. The van der Waals surface area contributed by atoms with Crippen molar-refractivity contribution in [3.63, 3.8) is 0 Å². The molecule has 3 heteroatoms. The number of aliphatic hydroxyl groups is 1. The molecule has 1 atom stereocenters. The minimum atomic E-state index is -0.0347. The minimum absolute atomic E-state index is 0.0347. The molecule has 0 fully saturated rings. The summed E-state index contributed by atoms with van der Waals surface area (Å²) in [5.74, 6) is 2.00. The lowest BCUT2D eigenvalue weighted by molar-refractivity contribution is 0.237. The average molecular weight is 224 g/mol. The molecule has 0 spiro atoms. The van der Waals surface area contributed by atoms with Gasteiger partial charge in [-0.2, -0.15) is 0 Å². The van der Waals surface area contributed by atoms with Gasteiger partial charge in [-0.3, -0.25) is 0 Å². The third-order valence-corrected chi connectivity index (χ3v) is 2.66. The smallest absolute Gasteiger partial charge is 0.125 e. The molecule has 3 nitrogen and oxygen atoms in total. The summed E-state index contributed by atoms with van der Waals surface area (Å²) in [5.41, 5.74) is 0.766. The first-order chi connectivity index (χ1) is 7.71. The van der Waals surface area contributed by atoms with Crippen molar-refractivity contribution in [3.8, 4) is 11.5 Å². The van der Waals surface area contributed by atoms with Gasteiger partial charge in [0.15, 0.2) is 0 Å². The van der Waals surface area contributed by atoms with Gasteiger partial charge in [0.2, 0.25) is 0 Å². The topological polar surface area (TPSA) is 38.7 Å². The summed E-state index contributed by atoms with van der Waals surface area (Å²) in [6, 6.07) is 5.48. The molecule has 0 aliphatic carbocycles. The molecule has 0 aliphatic rings. The molecule has 0 amide bonds. The van der Waals surface area contributed by atoms with Gasteiger partial charge in [-0.25, -0.2) is 0 Å². The van der Waals surface area contributed by atoms with E-state index in [2.05, 4.69) is 13.8 Å². The Labute approximate surface area is 97.0 Å². The van der Waals surface area contributed by atoms with E-state index >= 15 is 0 Å². The lowest BCUT2D eigenvalue weighted by Crippen LogP contribution is -2.08. The summed E-state index contributed by atoms with van der Waals surface area (Å²) in [6.07, 6.45) is 1.09. The molecule has 0 saturated carbocycles. The summed E-state index contributed by atoms with van der Waals surface area (Å²) in [7, 11) is 1.61. The number of aliphatic hydroxyl groups excluding tert-OH is 1. The maximum atomic E-state index is 9.23. The summed E-state index contributed by atoms with van der Waals surface area (Å²) < 4.78 is 10.8. The highest BCUT2D eigenvalue weighted by molar-refractivity contribution is 5.39. The van der Waals surface area contributed by atoms with Crippen LogP contribution in [0.15, 0.2) is 18.2 Å². The van der Waals surface area contributed by atoms with E-state index in [0.29, 0.717) is 12.5 Å². The van der Waals surface area contributed by atoms with Crippen molar-refractivity contribution in [1.82, 2.24) is 0 Å². The van der Waals surface area contributed by atoms with Crippen molar-refractivity contribution in [3.05, 3.63) is 23.8 Å². The van der Waals surface area contributed by atoms with Crippen molar-refractivity contribution in [2.75, 3.05) is 13.7 Å². The first-order valence-electron chi connectivity index (χ1n) is 5.61. The number of hydrogen-bond donors (Lipinski definition) is 1. The van der Waals surface area contributed by atoms with E-state index in [1.165, 1.54) is 0 Å². The van der Waals surface area contributed by atoms with E-state index < -0.39 is 0 Å². The van der Waals surface area contributed by atoms with Crippen LogP contribution >= 0.6 is 0 Å². The molecule has 1 unspecified atom stereocenters. The lowest BCUT2D eigenvalue weighted by Gasteiger charge is -2.14. The van der Waals surface area contributed by atoms with Crippen LogP contribution in [0.3, 0.4) is 0 Å². The van der Waals surface area contributed by atoms with Gasteiger partial charge in [0.25, 0.3) is 0 Å². The van der Waals surface area contributed by atoms with Crippen molar-refractivity contribution >= 4 is 0 Å². The average Bonchev–Trinajstić information content (AvgIpc) is 2.35. The molecule has 0 aliphatic heterocycles. The van der Waals surface area contributed by atoms with Crippen molar-refractivity contribution < 1.29 is 14.6 Å². The van der Waals surface area contributed by atoms with Gasteiger partial charge >= 0.3 is 0 Å². The summed E-state index contributed by atoms with van der Waals surface area (Å²) in [4.78, 5) is 0. The summed E-state index contributed by atoms with van der Waals surface area (Å²) in [6.45, 7) is 4.92. The van der Waals surface area contributed by atoms with E-state index in [9.17, 15) is 5.11 Å². The van der Waals surface area contributed by atoms with Crippen LogP contribution in [0.1, 0.15) is 25.8 Å². The van der Waals surface area contributed by atoms with Crippen LogP contribution < -0.4 is 9.47 Å². The van der Waals surface area contributed by atoms with Gasteiger partial charge in [-0.1, -0.05) is 20.3 Å². The van der Waals surface area contributed by atoms with Gasteiger partial charge in [-0.15, -0.1) is 0 Å². The molecule has 1 rings (SSSR count).